The molecule has 1 heterocycles. The monoisotopic (exact) mass is 316 g/mol. The molecule has 0 radical (unpaired) electrons. The van der Waals surface area contributed by atoms with E-state index in [-0.39, 0.29) is 11.9 Å². The van der Waals surface area contributed by atoms with E-state index in [0.717, 1.165) is 4.47 Å². The summed E-state index contributed by atoms with van der Waals surface area (Å²) in [5.41, 5.74) is 6.45. The Labute approximate surface area is 114 Å². The Balaban J connectivity index is 2.20. The first-order chi connectivity index (χ1) is 7.99. The molecule has 0 bridgehead atoms. The van der Waals surface area contributed by atoms with Gasteiger partial charge >= 0.3 is 0 Å². The highest BCUT2D eigenvalue weighted by Gasteiger charge is 2.31. The van der Waals surface area contributed by atoms with Crippen LogP contribution in [0.1, 0.15) is 17.3 Å². The number of likely N-dealkylation sites (tertiary alicyclic amines) is 1. The highest BCUT2D eigenvalue weighted by Crippen LogP contribution is 2.24. The fourth-order valence-corrected chi connectivity index (χ4v) is 2.75. The molecule has 2 unspecified atom stereocenters. The summed E-state index contributed by atoms with van der Waals surface area (Å²) in [4.78, 5) is 14.0. The van der Waals surface area contributed by atoms with Crippen molar-refractivity contribution in [3.8, 4) is 0 Å². The van der Waals surface area contributed by atoms with Crippen molar-refractivity contribution in [3.05, 3.63) is 33.3 Å². The zero-order chi connectivity index (χ0) is 12.6. The Kier molecular flexibility index (Phi) is 3.76. The normalized spacial score (nSPS) is 24.1. The second kappa shape index (κ2) is 4.96. The van der Waals surface area contributed by atoms with Crippen LogP contribution in [0.15, 0.2) is 22.7 Å². The summed E-state index contributed by atoms with van der Waals surface area (Å²) >= 11 is 9.39. The van der Waals surface area contributed by atoms with E-state index in [9.17, 15) is 4.79 Å². The highest BCUT2D eigenvalue weighted by molar-refractivity contribution is 9.10. The molecule has 5 heteroatoms. The molecule has 0 aliphatic carbocycles. The quantitative estimate of drug-likeness (QED) is 0.865. The van der Waals surface area contributed by atoms with Gasteiger partial charge in [0, 0.05) is 23.6 Å². The standard InChI is InChI=1S/C12H14BrClN2O/c1-7-5-16(6-11(7)15)12(17)9-3-2-8(13)4-10(9)14/h2-4,7,11H,5-6,15H2,1H3. The zero-order valence-corrected chi connectivity index (χ0v) is 11.8. The van der Waals surface area contributed by atoms with Gasteiger partial charge in [0.25, 0.3) is 5.91 Å². The molecular weight excluding hydrogens is 304 g/mol. The van der Waals surface area contributed by atoms with E-state index < -0.39 is 0 Å². The lowest BCUT2D eigenvalue weighted by atomic mass is 10.1. The molecule has 1 aromatic rings. The van der Waals surface area contributed by atoms with Gasteiger partial charge in [0.1, 0.15) is 0 Å². The van der Waals surface area contributed by atoms with E-state index in [2.05, 4.69) is 22.9 Å². The van der Waals surface area contributed by atoms with Gasteiger partial charge in [-0.15, -0.1) is 0 Å². The van der Waals surface area contributed by atoms with Crippen molar-refractivity contribution < 1.29 is 4.79 Å². The number of halogens is 2. The van der Waals surface area contributed by atoms with Crippen LogP contribution in [0.25, 0.3) is 0 Å². The number of nitrogens with two attached hydrogens (primary N) is 1. The lowest BCUT2D eigenvalue weighted by molar-refractivity contribution is 0.0787. The summed E-state index contributed by atoms with van der Waals surface area (Å²) in [6, 6.07) is 5.35. The molecule has 1 aromatic carbocycles. The molecule has 1 aliphatic heterocycles. The number of hydrogen-bond acceptors (Lipinski definition) is 2. The van der Waals surface area contributed by atoms with E-state index >= 15 is 0 Å². The Morgan fingerprint density at radius 2 is 2.24 bits per heavy atom. The molecule has 0 saturated carbocycles. The maximum absolute atomic E-state index is 12.2. The Hall–Kier alpha value is -0.580. The minimum atomic E-state index is -0.0395. The van der Waals surface area contributed by atoms with Gasteiger partial charge in [0.15, 0.2) is 0 Å². The Morgan fingerprint density at radius 3 is 2.76 bits per heavy atom. The van der Waals surface area contributed by atoms with Crippen molar-refractivity contribution >= 4 is 33.4 Å². The van der Waals surface area contributed by atoms with Crippen LogP contribution in [0, 0.1) is 5.92 Å². The zero-order valence-electron chi connectivity index (χ0n) is 9.49. The van der Waals surface area contributed by atoms with E-state index in [1.165, 1.54) is 0 Å². The van der Waals surface area contributed by atoms with Crippen molar-refractivity contribution in [2.45, 2.75) is 13.0 Å². The Bertz CT molecular complexity index is 442. The topological polar surface area (TPSA) is 46.3 Å². The van der Waals surface area contributed by atoms with Crippen LogP contribution < -0.4 is 5.73 Å². The average Bonchev–Trinajstić information content (AvgIpc) is 2.58. The third-order valence-corrected chi connectivity index (χ3v) is 3.93. The highest BCUT2D eigenvalue weighted by atomic mass is 79.9. The minimum Gasteiger partial charge on any atom is -0.337 e. The molecule has 3 nitrogen and oxygen atoms in total. The van der Waals surface area contributed by atoms with Gasteiger partial charge in [0.2, 0.25) is 0 Å². The lowest BCUT2D eigenvalue weighted by Crippen LogP contribution is -2.32. The van der Waals surface area contributed by atoms with Crippen molar-refractivity contribution in [1.29, 1.82) is 0 Å². The number of hydrogen-bond donors (Lipinski definition) is 1. The van der Waals surface area contributed by atoms with Crippen LogP contribution in [0.4, 0.5) is 0 Å². The van der Waals surface area contributed by atoms with Gasteiger partial charge < -0.3 is 10.6 Å². The van der Waals surface area contributed by atoms with E-state index in [1.54, 1.807) is 17.0 Å². The van der Waals surface area contributed by atoms with E-state index in [0.29, 0.717) is 29.6 Å². The van der Waals surface area contributed by atoms with Crippen molar-refractivity contribution in [2.24, 2.45) is 11.7 Å². The van der Waals surface area contributed by atoms with E-state index in [1.807, 2.05) is 6.07 Å². The molecule has 1 amide bonds. The number of nitrogens with zero attached hydrogens (tertiary/aromatic N) is 1. The van der Waals surface area contributed by atoms with Gasteiger partial charge in [-0.2, -0.15) is 0 Å². The molecule has 0 spiro atoms. The second-order valence-corrected chi connectivity index (χ2v) is 5.80. The van der Waals surface area contributed by atoms with Crippen LogP contribution in [0.2, 0.25) is 5.02 Å². The van der Waals surface area contributed by atoms with Crippen molar-refractivity contribution in [1.82, 2.24) is 4.90 Å². The van der Waals surface area contributed by atoms with Crippen molar-refractivity contribution in [3.63, 3.8) is 0 Å². The third-order valence-electron chi connectivity index (χ3n) is 3.12. The molecule has 2 atom stereocenters. The molecular formula is C12H14BrClN2O. The first-order valence-electron chi connectivity index (χ1n) is 5.49. The molecule has 1 aliphatic rings. The van der Waals surface area contributed by atoms with Gasteiger partial charge in [0.05, 0.1) is 10.6 Å². The average molecular weight is 318 g/mol. The van der Waals surface area contributed by atoms with Gasteiger partial charge in [-0.25, -0.2) is 0 Å². The molecule has 92 valence electrons. The lowest BCUT2D eigenvalue weighted by Gasteiger charge is -2.16. The van der Waals surface area contributed by atoms with E-state index in [4.69, 9.17) is 17.3 Å². The molecule has 2 N–H and O–H groups in total. The molecule has 2 rings (SSSR count). The van der Waals surface area contributed by atoms with Gasteiger partial charge in [-0.1, -0.05) is 34.5 Å². The molecule has 1 saturated heterocycles. The molecule has 17 heavy (non-hydrogen) atoms. The van der Waals surface area contributed by atoms with Crippen LogP contribution in [0.5, 0.6) is 0 Å². The largest absolute Gasteiger partial charge is 0.337 e. The van der Waals surface area contributed by atoms with Gasteiger partial charge in [-0.3, -0.25) is 4.79 Å². The van der Waals surface area contributed by atoms with Crippen LogP contribution >= 0.6 is 27.5 Å². The first kappa shape index (κ1) is 12.9. The van der Waals surface area contributed by atoms with Crippen LogP contribution in [0.3, 0.4) is 0 Å². The minimum absolute atomic E-state index is 0.0395. The molecule has 1 fully saturated rings. The Morgan fingerprint density at radius 1 is 1.53 bits per heavy atom. The van der Waals surface area contributed by atoms with Crippen LogP contribution in [-0.4, -0.2) is 29.9 Å². The van der Waals surface area contributed by atoms with Gasteiger partial charge in [-0.05, 0) is 24.1 Å². The number of benzene rings is 1. The summed E-state index contributed by atoms with van der Waals surface area (Å²) in [5, 5.41) is 0.470. The fraction of sp³-hybridized carbons (Fsp3) is 0.417. The number of carbonyl (C=O) groups excluding carboxylic acids is 1. The summed E-state index contributed by atoms with van der Waals surface area (Å²) < 4.78 is 0.866. The summed E-state index contributed by atoms with van der Waals surface area (Å²) in [6.07, 6.45) is 0. The summed E-state index contributed by atoms with van der Waals surface area (Å²) in [5.74, 6) is 0.301. The summed E-state index contributed by atoms with van der Waals surface area (Å²) in [6.45, 7) is 3.36. The maximum atomic E-state index is 12.2. The van der Waals surface area contributed by atoms with Crippen molar-refractivity contribution in [2.75, 3.05) is 13.1 Å². The fourth-order valence-electron chi connectivity index (χ4n) is 1.99. The first-order valence-corrected chi connectivity index (χ1v) is 6.66. The number of carbonyl (C=O) groups is 1. The maximum Gasteiger partial charge on any atom is 0.255 e. The van der Waals surface area contributed by atoms with Crippen LogP contribution in [-0.2, 0) is 0 Å². The SMILES string of the molecule is CC1CN(C(=O)c2ccc(Br)cc2Cl)CC1N. The number of amides is 1. The number of rotatable bonds is 1. The summed E-state index contributed by atoms with van der Waals surface area (Å²) in [7, 11) is 0. The molecule has 0 aromatic heterocycles. The third kappa shape index (κ3) is 2.64. The predicted octanol–water partition coefficient (Wildman–Crippen LogP) is 2.52. The smallest absolute Gasteiger partial charge is 0.255 e. The predicted molar refractivity (Wildman–Crippen MR) is 72.2 cm³/mol. The second-order valence-electron chi connectivity index (χ2n) is 4.48.